The van der Waals surface area contributed by atoms with Gasteiger partial charge in [-0.3, -0.25) is 4.79 Å². The Hall–Kier alpha value is -2.03. The molecule has 2 rings (SSSR count). The summed E-state index contributed by atoms with van der Waals surface area (Å²) in [5.41, 5.74) is 5.34. The first-order chi connectivity index (χ1) is 8.95. The zero-order chi connectivity index (χ0) is 14.0. The van der Waals surface area contributed by atoms with E-state index in [0.29, 0.717) is 12.2 Å². The molecule has 0 radical (unpaired) electrons. The van der Waals surface area contributed by atoms with Gasteiger partial charge in [-0.25, -0.2) is 9.97 Å². The van der Waals surface area contributed by atoms with Gasteiger partial charge in [0.05, 0.1) is 12.1 Å². The molecule has 19 heavy (non-hydrogen) atoms. The third kappa shape index (κ3) is 3.25. The predicted molar refractivity (Wildman–Crippen MR) is 76.1 cm³/mol. The Kier molecular flexibility index (Phi) is 3.74. The molecule has 2 aromatic rings. The van der Waals surface area contributed by atoms with E-state index in [1.165, 1.54) is 11.1 Å². The zero-order valence-electron chi connectivity index (χ0n) is 11.8. The Morgan fingerprint density at radius 1 is 1.05 bits per heavy atom. The number of aryl methyl sites for hydroxylation is 3. The largest absolute Gasteiger partial charge is 0.300 e. The standard InChI is InChI=1S/C16H18N2O/c1-10-5-6-14(7-11(10)2)15-8-12(3)17-16(18-15)9-13(4)19/h5-8H,9H2,1-4H3. The van der Waals surface area contributed by atoms with E-state index < -0.39 is 0 Å². The topological polar surface area (TPSA) is 42.9 Å². The minimum Gasteiger partial charge on any atom is -0.300 e. The molecule has 0 aliphatic carbocycles. The zero-order valence-corrected chi connectivity index (χ0v) is 11.8. The third-order valence-corrected chi connectivity index (χ3v) is 3.11. The van der Waals surface area contributed by atoms with Crippen LogP contribution in [0.1, 0.15) is 29.6 Å². The molecule has 0 amide bonds. The van der Waals surface area contributed by atoms with Gasteiger partial charge in [-0.2, -0.15) is 0 Å². The van der Waals surface area contributed by atoms with Crippen molar-refractivity contribution in [2.24, 2.45) is 0 Å². The molecule has 0 aliphatic heterocycles. The molecule has 1 heterocycles. The van der Waals surface area contributed by atoms with Crippen molar-refractivity contribution in [3.63, 3.8) is 0 Å². The summed E-state index contributed by atoms with van der Waals surface area (Å²) in [6.45, 7) is 7.66. The number of nitrogens with zero attached hydrogens (tertiary/aromatic N) is 2. The highest BCUT2D eigenvalue weighted by molar-refractivity contribution is 5.77. The van der Waals surface area contributed by atoms with Crippen molar-refractivity contribution in [1.82, 2.24) is 9.97 Å². The molecule has 0 fully saturated rings. The van der Waals surface area contributed by atoms with E-state index in [-0.39, 0.29) is 5.78 Å². The summed E-state index contributed by atoms with van der Waals surface area (Å²) in [6, 6.07) is 8.22. The molecule has 98 valence electrons. The predicted octanol–water partition coefficient (Wildman–Crippen LogP) is 3.20. The van der Waals surface area contributed by atoms with Crippen LogP contribution in [-0.2, 0) is 11.2 Å². The monoisotopic (exact) mass is 254 g/mol. The molecule has 0 saturated carbocycles. The van der Waals surface area contributed by atoms with Gasteiger partial charge in [0.25, 0.3) is 0 Å². The van der Waals surface area contributed by atoms with E-state index in [2.05, 4.69) is 42.0 Å². The maximum atomic E-state index is 11.2. The molecular formula is C16H18N2O. The van der Waals surface area contributed by atoms with E-state index in [4.69, 9.17) is 0 Å². The Labute approximate surface area is 113 Å². The van der Waals surface area contributed by atoms with Gasteiger partial charge in [-0.1, -0.05) is 12.1 Å². The normalized spacial score (nSPS) is 10.5. The van der Waals surface area contributed by atoms with Gasteiger partial charge in [0, 0.05) is 11.3 Å². The van der Waals surface area contributed by atoms with E-state index in [1.807, 2.05) is 13.0 Å². The molecule has 0 aliphatic rings. The summed E-state index contributed by atoms with van der Waals surface area (Å²) in [7, 11) is 0. The van der Waals surface area contributed by atoms with Gasteiger partial charge in [0.1, 0.15) is 11.6 Å². The van der Waals surface area contributed by atoms with Crippen LogP contribution in [0.25, 0.3) is 11.3 Å². The lowest BCUT2D eigenvalue weighted by Crippen LogP contribution is -2.04. The third-order valence-electron chi connectivity index (χ3n) is 3.11. The Morgan fingerprint density at radius 3 is 2.42 bits per heavy atom. The molecular weight excluding hydrogens is 236 g/mol. The molecule has 1 aromatic heterocycles. The SMILES string of the molecule is CC(=O)Cc1nc(C)cc(-c2ccc(C)c(C)c2)n1. The van der Waals surface area contributed by atoms with Crippen molar-refractivity contribution in [1.29, 1.82) is 0 Å². The molecule has 0 N–H and O–H groups in total. The molecule has 3 heteroatoms. The lowest BCUT2D eigenvalue weighted by atomic mass is 10.0. The molecule has 3 nitrogen and oxygen atoms in total. The van der Waals surface area contributed by atoms with Gasteiger partial charge in [0.2, 0.25) is 0 Å². The van der Waals surface area contributed by atoms with Crippen LogP contribution in [0, 0.1) is 20.8 Å². The van der Waals surface area contributed by atoms with Crippen LogP contribution in [0.2, 0.25) is 0 Å². The number of benzene rings is 1. The fourth-order valence-electron chi connectivity index (χ4n) is 1.98. The number of hydrogen-bond acceptors (Lipinski definition) is 3. The highest BCUT2D eigenvalue weighted by atomic mass is 16.1. The van der Waals surface area contributed by atoms with Crippen LogP contribution in [0.3, 0.4) is 0 Å². The fraction of sp³-hybridized carbons (Fsp3) is 0.312. The van der Waals surface area contributed by atoms with Crippen molar-refractivity contribution < 1.29 is 4.79 Å². The number of carbonyl (C=O) groups excluding carboxylic acids is 1. The summed E-state index contributed by atoms with van der Waals surface area (Å²) in [5.74, 6) is 0.678. The van der Waals surface area contributed by atoms with Gasteiger partial charge in [0.15, 0.2) is 0 Å². The van der Waals surface area contributed by atoms with Crippen molar-refractivity contribution in [3.05, 3.63) is 46.9 Å². The van der Waals surface area contributed by atoms with Crippen LogP contribution in [0.15, 0.2) is 24.3 Å². The lowest BCUT2D eigenvalue weighted by molar-refractivity contribution is -0.116. The minimum absolute atomic E-state index is 0.0802. The van der Waals surface area contributed by atoms with E-state index in [9.17, 15) is 4.79 Å². The van der Waals surface area contributed by atoms with Crippen LogP contribution >= 0.6 is 0 Å². The lowest BCUT2D eigenvalue weighted by Gasteiger charge is -2.07. The van der Waals surface area contributed by atoms with Gasteiger partial charge in [-0.05, 0) is 51.0 Å². The summed E-state index contributed by atoms with van der Waals surface area (Å²) in [4.78, 5) is 20.0. The number of carbonyl (C=O) groups is 1. The Bertz CT molecular complexity index is 633. The molecule has 0 saturated heterocycles. The average molecular weight is 254 g/mol. The number of rotatable bonds is 3. The first-order valence-electron chi connectivity index (χ1n) is 6.37. The molecule has 0 atom stereocenters. The van der Waals surface area contributed by atoms with Crippen LogP contribution in [0.5, 0.6) is 0 Å². The number of aromatic nitrogens is 2. The van der Waals surface area contributed by atoms with E-state index >= 15 is 0 Å². The van der Waals surface area contributed by atoms with E-state index in [0.717, 1.165) is 17.0 Å². The summed E-state index contributed by atoms with van der Waals surface area (Å²) in [6.07, 6.45) is 0.291. The highest BCUT2D eigenvalue weighted by Crippen LogP contribution is 2.21. The summed E-state index contributed by atoms with van der Waals surface area (Å²) in [5, 5.41) is 0. The second kappa shape index (κ2) is 5.31. The first kappa shape index (κ1) is 13.4. The second-order valence-electron chi connectivity index (χ2n) is 4.99. The summed E-state index contributed by atoms with van der Waals surface area (Å²) >= 11 is 0. The van der Waals surface area contributed by atoms with Crippen LogP contribution < -0.4 is 0 Å². The maximum absolute atomic E-state index is 11.2. The fourth-order valence-corrected chi connectivity index (χ4v) is 1.98. The quantitative estimate of drug-likeness (QED) is 0.844. The highest BCUT2D eigenvalue weighted by Gasteiger charge is 2.07. The smallest absolute Gasteiger partial charge is 0.137 e. The molecule has 1 aromatic carbocycles. The molecule has 0 spiro atoms. The summed E-state index contributed by atoms with van der Waals surface area (Å²) < 4.78 is 0. The van der Waals surface area contributed by atoms with Crippen molar-refractivity contribution in [2.45, 2.75) is 34.1 Å². The van der Waals surface area contributed by atoms with Gasteiger partial charge in [-0.15, -0.1) is 0 Å². The average Bonchev–Trinajstić information content (AvgIpc) is 2.31. The number of hydrogen-bond donors (Lipinski definition) is 0. The molecule has 0 bridgehead atoms. The number of Topliss-reactive ketones (excluding diaryl/α,β-unsaturated/α-hetero) is 1. The minimum atomic E-state index is 0.0802. The van der Waals surface area contributed by atoms with Crippen LogP contribution in [0.4, 0.5) is 0 Å². The Balaban J connectivity index is 2.46. The second-order valence-corrected chi connectivity index (χ2v) is 4.99. The van der Waals surface area contributed by atoms with E-state index in [1.54, 1.807) is 6.92 Å². The van der Waals surface area contributed by atoms with Gasteiger partial charge >= 0.3 is 0 Å². The van der Waals surface area contributed by atoms with Crippen LogP contribution in [-0.4, -0.2) is 15.8 Å². The Morgan fingerprint density at radius 2 is 1.79 bits per heavy atom. The molecule has 0 unspecified atom stereocenters. The number of ketones is 1. The first-order valence-corrected chi connectivity index (χ1v) is 6.37. The van der Waals surface area contributed by atoms with Crippen molar-refractivity contribution in [2.75, 3.05) is 0 Å². The maximum Gasteiger partial charge on any atom is 0.137 e. The van der Waals surface area contributed by atoms with Crippen molar-refractivity contribution >= 4 is 5.78 Å². The van der Waals surface area contributed by atoms with Gasteiger partial charge < -0.3 is 0 Å². The van der Waals surface area contributed by atoms with Crippen molar-refractivity contribution in [3.8, 4) is 11.3 Å².